The van der Waals surface area contributed by atoms with E-state index in [-0.39, 0.29) is 18.0 Å². The van der Waals surface area contributed by atoms with Crippen molar-refractivity contribution in [3.05, 3.63) is 51.1 Å². The van der Waals surface area contributed by atoms with E-state index < -0.39 is 0 Å². The first-order valence-electron chi connectivity index (χ1n) is 6.52. The molecule has 0 fully saturated rings. The fraction of sp³-hybridized carbons (Fsp3) is 0.286. The Bertz CT molecular complexity index is 854. The summed E-state index contributed by atoms with van der Waals surface area (Å²) in [6.45, 7) is 4.18. The highest BCUT2D eigenvalue weighted by atomic mass is 79.9. The van der Waals surface area contributed by atoms with Crippen LogP contribution in [0, 0.1) is 0 Å². The summed E-state index contributed by atoms with van der Waals surface area (Å²) >= 11 is 3.36. The van der Waals surface area contributed by atoms with Crippen LogP contribution in [0.5, 0.6) is 0 Å². The molecule has 21 heavy (non-hydrogen) atoms. The lowest BCUT2D eigenvalue weighted by molar-refractivity contribution is 0.363. The third-order valence-electron chi connectivity index (χ3n) is 3.09. The lowest BCUT2D eigenvalue weighted by Crippen LogP contribution is -2.21. The number of aromatic nitrogens is 4. The molecule has 0 N–H and O–H groups in total. The molecule has 3 aromatic rings. The van der Waals surface area contributed by atoms with Gasteiger partial charge in [0.05, 0.1) is 17.2 Å². The van der Waals surface area contributed by atoms with Crippen molar-refractivity contribution < 1.29 is 4.52 Å². The summed E-state index contributed by atoms with van der Waals surface area (Å²) in [5, 5.41) is 4.44. The van der Waals surface area contributed by atoms with Crippen LogP contribution in [-0.2, 0) is 6.54 Å². The zero-order valence-corrected chi connectivity index (χ0v) is 13.2. The Balaban J connectivity index is 2.00. The summed E-state index contributed by atoms with van der Waals surface area (Å²) in [6, 6.07) is 5.41. The van der Waals surface area contributed by atoms with Crippen LogP contribution in [0.15, 0.2) is 38.3 Å². The van der Waals surface area contributed by atoms with Crippen molar-refractivity contribution in [3.8, 4) is 0 Å². The van der Waals surface area contributed by atoms with Crippen LogP contribution in [0.25, 0.3) is 10.9 Å². The Labute approximate surface area is 128 Å². The fourth-order valence-electron chi connectivity index (χ4n) is 1.96. The zero-order valence-electron chi connectivity index (χ0n) is 11.6. The maximum atomic E-state index is 12.4. The average molecular weight is 349 g/mol. The predicted octanol–water partition coefficient (Wildman–Crippen LogP) is 2.71. The largest absolute Gasteiger partial charge is 0.337 e. The Morgan fingerprint density at radius 3 is 2.90 bits per heavy atom. The number of fused-ring (bicyclic) bond motifs is 1. The molecule has 0 unspecified atom stereocenters. The van der Waals surface area contributed by atoms with Crippen molar-refractivity contribution in [3.63, 3.8) is 0 Å². The van der Waals surface area contributed by atoms with Crippen molar-refractivity contribution in [1.82, 2.24) is 19.7 Å². The van der Waals surface area contributed by atoms with Gasteiger partial charge in [0.25, 0.3) is 5.56 Å². The van der Waals surface area contributed by atoms with Gasteiger partial charge in [0, 0.05) is 10.4 Å². The molecule has 0 aliphatic carbocycles. The van der Waals surface area contributed by atoms with Crippen molar-refractivity contribution in [1.29, 1.82) is 0 Å². The van der Waals surface area contributed by atoms with E-state index in [1.807, 2.05) is 19.9 Å². The summed E-state index contributed by atoms with van der Waals surface area (Å²) in [5.41, 5.74) is 0.526. The van der Waals surface area contributed by atoms with E-state index in [1.54, 1.807) is 12.1 Å². The highest BCUT2D eigenvalue weighted by Crippen LogP contribution is 2.15. The zero-order chi connectivity index (χ0) is 15.0. The lowest BCUT2D eigenvalue weighted by atomic mass is 10.2. The predicted molar refractivity (Wildman–Crippen MR) is 81.2 cm³/mol. The summed E-state index contributed by atoms with van der Waals surface area (Å²) in [5.74, 6) is 1.22. The minimum Gasteiger partial charge on any atom is -0.337 e. The van der Waals surface area contributed by atoms with E-state index in [2.05, 4.69) is 31.1 Å². The van der Waals surface area contributed by atoms with Crippen LogP contribution < -0.4 is 5.56 Å². The summed E-state index contributed by atoms with van der Waals surface area (Å²) in [6.07, 6.45) is 1.50. The highest BCUT2D eigenvalue weighted by Gasteiger charge is 2.12. The van der Waals surface area contributed by atoms with E-state index in [9.17, 15) is 4.79 Å². The molecule has 1 aromatic carbocycles. The minimum absolute atomic E-state index is 0.134. The van der Waals surface area contributed by atoms with Gasteiger partial charge in [0.1, 0.15) is 6.54 Å². The smallest absolute Gasteiger partial charge is 0.261 e. The molecule has 0 spiro atoms. The van der Waals surface area contributed by atoms with E-state index in [0.717, 1.165) is 4.47 Å². The van der Waals surface area contributed by atoms with Gasteiger partial charge < -0.3 is 4.52 Å². The summed E-state index contributed by atoms with van der Waals surface area (Å²) in [4.78, 5) is 21.0. The minimum atomic E-state index is -0.134. The van der Waals surface area contributed by atoms with Crippen LogP contribution in [0.1, 0.15) is 31.5 Å². The van der Waals surface area contributed by atoms with Crippen molar-refractivity contribution in [2.45, 2.75) is 26.3 Å². The second kappa shape index (κ2) is 5.40. The number of rotatable bonds is 3. The molecular weight excluding hydrogens is 336 g/mol. The fourth-order valence-corrected chi connectivity index (χ4v) is 2.32. The first-order valence-corrected chi connectivity index (χ1v) is 7.31. The average Bonchev–Trinajstić information content (AvgIpc) is 2.91. The van der Waals surface area contributed by atoms with Crippen molar-refractivity contribution >= 4 is 26.8 Å². The Morgan fingerprint density at radius 2 is 2.19 bits per heavy atom. The van der Waals surface area contributed by atoms with Gasteiger partial charge in [-0.1, -0.05) is 34.9 Å². The quantitative estimate of drug-likeness (QED) is 0.727. The molecular formula is C14H13BrN4O2. The molecule has 2 heterocycles. The highest BCUT2D eigenvalue weighted by molar-refractivity contribution is 9.10. The molecule has 2 aromatic heterocycles. The van der Waals surface area contributed by atoms with Gasteiger partial charge in [-0.2, -0.15) is 4.98 Å². The Hall–Kier alpha value is -2.02. The van der Waals surface area contributed by atoms with E-state index in [1.165, 1.54) is 10.9 Å². The lowest BCUT2D eigenvalue weighted by Gasteiger charge is -2.03. The molecule has 0 saturated carbocycles. The molecule has 0 aliphatic heterocycles. The van der Waals surface area contributed by atoms with Crippen LogP contribution in [-0.4, -0.2) is 19.7 Å². The number of benzene rings is 1. The number of hydrogen-bond acceptors (Lipinski definition) is 5. The van der Waals surface area contributed by atoms with Crippen molar-refractivity contribution in [2.24, 2.45) is 0 Å². The Morgan fingerprint density at radius 1 is 1.38 bits per heavy atom. The molecule has 3 rings (SSSR count). The van der Waals surface area contributed by atoms with Crippen molar-refractivity contribution in [2.75, 3.05) is 0 Å². The van der Waals surface area contributed by atoms with Crippen LogP contribution in [0.2, 0.25) is 0 Å². The van der Waals surface area contributed by atoms with Gasteiger partial charge in [0.2, 0.25) is 5.89 Å². The van der Waals surface area contributed by atoms with E-state index >= 15 is 0 Å². The van der Waals surface area contributed by atoms with Crippen LogP contribution in [0.3, 0.4) is 0 Å². The van der Waals surface area contributed by atoms with Gasteiger partial charge in [-0.15, -0.1) is 0 Å². The van der Waals surface area contributed by atoms with Gasteiger partial charge in [-0.25, -0.2) is 4.98 Å². The molecule has 0 bridgehead atoms. The van der Waals surface area contributed by atoms with E-state index in [0.29, 0.717) is 22.6 Å². The van der Waals surface area contributed by atoms with Gasteiger partial charge >= 0.3 is 0 Å². The second-order valence-electron chi connectivity index (χ2n) is 5.04. The SMILES string of the molecule is CC(C)c1noc(Cn2cnc3ccc(Br)cc3c2=O)n1. The monoisotopic (exact) mass is 348 g/mol. The number of halogens is 1. The molecule has 0 atom stereocenters. The van der Waals surface area contributed by atoms with Gasteiger partial charge in [-0.3, -0.25) is 9.36 Å². The first-order chi connectivity index (χ1) is 10.0. The summed E-state index contributed by atoms with van der Waals surface area (Å²) in [7, 11) is 0. The van der Waals surface area contributed by atoms with Crippen LogP contribution in [0.4, 0.5) is 0 Å². The van der Waals surface area contributed by atoms with Gasteiger partial charge in [0.15, 0.2) is 5.82 Å². The first kappa shape index (κ1) is 13.9. The molecule has 6 nitrogen and oxygen atoms in total. The number of nitrogens with zero attached hydrogens (tertiary/aromatic N) is 4. The van der Waals surface area contributed by atoms with Gasteiger partial charge in [-0.05, 0) is 18.2 Å². The summed E-state index contributed by atoms with van der Waals surface area (Å²) < 4.78 is 7.47. The number of hydrogen-bond donors (Lipinski definition) is 0. The molecule has 0 amide bonds. The second-order valence-corrected chi connectivity index (χ2v) is 5.96. The standard InChI is InChI=1S/C14H13BrN4O2/c1-8(2)13-17-12(21-18-13)6-19-7-16-11-4-3-9(15)5-10(11)14(19)20/h3-5,7-8H,6H2,1-2H3. The topological polar surface area (TPSA) is 73.8 Å². The third-order valence-corrected chi connectivity index (χ3v) is 3.59. The van der Waals surface area contributed by atoms with E-state index in [4.69, 9.17) is 4.52 Å². The molecule has 108 valence electrons. The van der Waals surface area contributed by atoms with Crippen LogP contribution >= 0.6 is 15.9 Å². The molecule has 0 aliphatic rings. The Kier molecular flexibility index (Phi) is 3.59. The normalized spacial score (nSPS) is 11.4. The molecule has 7 heteroatoms. The maximum Gasteiger partial charge on any atom is 0.261 e. The maximum absolute atomic E-state index is 12.4. The third kappa shape index (κ3) is 2.73. The molecule has 0 radical (unpaired) electrons. The molecule has 0 saturated heterocycles.